The third-order valence-corrected chi connectivity index (χ3v) is 6.22. The predicted octanol–water partition coefficient (Wildman–Crippen LogP) is 3.03. The Bertz CT molecular complexity index is 836. The van der Waals surface area contributed by atoms with E-state index in [1.807, 2.05) is 25.1 Å². The number of nitrogens with zero attached hydrogens (tertiary/aromatic N) is 3. The molecule has 0 bridgehead atoms. The van der Waals surface area contributed by atoms with Crippen LogP contribution in [-0.2, 0) is 4.79 Å². The Balaban J connectivity index is 1.58. The van der Waals surface area contributed by atoms with Gasteiger partial charge in [-0.15, -0.1) is 10.2 Å². The van der Waals surface area contributed by atoms with Crippen LogP contribution in [0.5, 0.6) is 11.5 Å². The zero-order valence-corrected chi connectivity index (χ0v) is 18.0. The van der Waals surface area contributed by atoms with Gasteiger partial charge in [-0.05, 0) is 38.0 Å². The number of benzene rings is 1. The minimum Gasteiger partial charge on any atom is -0.497 e. The van der Waals surface area contributed by atoms with Crippen molar-refractivity contribution in [3.8, 4) is 11.5 Å². The molecule has 3 rings (SSSR count). The Morgan fingerprint density at radius 1 is 1.28 bits per heavy atom. The first kappa shape index (κ1) is 21.3. The average Bonchev–Trinajstić information content (AvgIpc) is 3.12. The van der Waals surface area contributed by atoms with E-state index in [0.29, 0.717) is 22.6 Å². The van der Waals surface area contributed by atoms with Gasteiger partial charge in [-0.25, -0.2) is 4.68 Å². The van der Waals surface area contributed by atoms with E-state index in [1.54, 1.807) is 18.9 Å². The van der Waals surface area contributed by atoms with E-state index in [9.17, 15) is 4.79 Å². The SMILES string of the molecule is COc1ccc(OC)c(C(C)NC(=O)CSc2nnc(C3CCCCC3)n2N)c1. The molecule has 0 radical (unpaired) electrons. The number of methoxy groups -OCH3 is 2. The molecule has 9 heteroatoms. The molecule has 1 aliphatic carbocycles. The number of carbonyl (C=O) groups is 1. The van der Waals surface area contributed by atoms with Crippen molar-refractivity contribution in [3.05, 3.63) is 29.6 Å². The van der Waals surface area contributed by atoms with Crippen LogP contribution in [0, 0.1) is 0 Å². The summed E-state index contributed by atoms with van der Waals surface area (Å²) in [5.41, 5.74) is 0.853. The van der Waals surface area contributed by atoms with E-state index >= 15 is 0 Å². The van der Waals surface area contributed by atoms with Gasteiger partial charge in [0.1, 0.15) is 11.5 Å². The monoisotopic (exact) mass is 419 g/mol. The van der Waals surface area contributed by atoms with Gasteiger partial charge in [0, 0.05) is 11.5 Å². The van der Waals surface area contributed by atoms with E-state index in [2.05, 4.69) is 15.5 Å². The summed E-state index contributed by atoms with van der Waals surface area (Å²) < 4.78 is 12.2. The molecule has 1 amide bonds. The molecule has 1 saturated carbocycles. The second-order valence-electron chi connectivity index (χ2n) is 7.23. The third kappa shape index (κ3) is 5.14. The van der Waals surface area contributed by atoms with Crippen molar-refractivity contribution in [1.82, 2.24) is 20.2 Å². The first-order chi connectivity index (χ1) is 14.0. The second kappa shape index (κ2) is 9.87. The fourth-order valence-electron chi connectivity index (χ4n) is 3.69. The molecule has 1 aliphatic rings. The molecule has 0 saturated heterocycles. The minimum absolute atomic E-state index is 0.116. The van der Waals surface area contributed by atoms with Gasteiger partial charge in [0.2, 0.25) is 11.1 Å². The molecule has 1 heterocycles. The lowest BCUT2D eigenvalue weighted by atomic mass is 9.89. The van der Waals surface area contributed by atoms with Gasteiger partial charge in [-0.3, -0.25) is 4.79 Å². The van der Waals surface area contributed by atoms with Crippen LogP contribution in [-0.4, -0.2) is 40.8 Å². The molecule has 1 atom stereocenters. The molecular weight excluding hydrogens is 390 g/mol. The molecular formula is C20H29N5O3S. The number of nitrogen functional groups attached to an aromatic ring is 1. The minimum atomic E-state index is -0.235. The molecule has 3 N–H and O–H groups in total. The number of ether oxygens (including phenoxy) is 2. The molecule has 8 nitrogen and oxygen atoms in total. The highest BCUT2D eigenvalue weighted by atomic mass is 32.2. The number of hydrogen-bond donors (Lipinski definition) is 2. The lowest BCUT2D eigenvalue weighted by Crippen LogP contribution is -2.28. The maximum Gasteiger partial charge on any atom is 0.230 e. The summed E-state index contributed by atoms with van der Waals surface area (Å²) in [6, 6.07) is 5.28. The van der Waals surface area contributed by atoms with Crippen molar-refractivity contribution in [1.29, 1.82) is 0 Å². The molecule has 2 aromatic rings. The predicted molar refractivity (Wildman–Crippen MR) is 113 cm³/mol. The Morgan fingerprint density at radius 2 is 2.03 bits per heavy atom. The van der Waals surface area contributed by atoms with Crippen LogP contribution in [0.25, 0.3) is 0 Å². The Morgan fingerprint density at radius 3 is 2.72 bits per heavy atom. The number of hydrogen-bond acceptors (Lipinski definition) is 7. The van der Waals surface area contributed by atoms with Crippen molar-refractivity contribution in [2.75, 3.05) is 25.8 Å². The lowest BCUT2D eigenvalue weighted by Gasteiger charge is -2.20. The van der Waals surface area contributed by atoms with E-state index in [-0.39, 0.29) is 17.7 Å². The topological polar surface area (TPSA) is 104 Å². The molecule has 0 aliphatic heterocycles. The summed E-state index contributed by atoms with van der Waals surface area (Å²) in [6.07, 6.45) is 5.87. The van der Waals surface area contributed by atoms with Crippen molar-refractivity contribution in [2.24, 2.45) is 0 Å². The number of nitrogens with one attached hydrogen (secondary N) is 1. The Labute approximate surface area is 175 Å². The zero-order chi connectivity index (χ0) is 20.8. The average molecular weight is 420 g/mol. The quantitative estimate of drug-likeness (QED) is 0.500. The van der Waals surface area contributed by atoms with Gasteiger partial charge in [-0.1, -0.05) is 31.0 Å². The van der Waals surface area contributed by atoms with Crippen molar-refractivity contribution < 1.29 is 14.3 Å². The van der Waals surface area contributed by atoms with Crippen LogP contribution in [0.4, 0.5) is 0 Å². The van der Waals surface area contributed by atoms with Crippen LogP contribution in [0.1, 0.15) is 62.4 Å². The molecule has 1 aromatic carbocycles. The summed E-state index contributed by atoms with van der Waals surface area (Å²) in [5.74, 6) is 8.88. The van der Waals surface area contributed by atoms with Crippen molar-refractivity contribution >= 4 is 17.7 Å². The van der Waals surface area contributed by atoms with E-state index < -0.39 is 0 Å². The molecule has 158 valence electrons. The molecule has 29 heavy (non-hydrogen) atoms. The van der Waals surface area contributed by atoms with Gasteiger partial charge in [0.05, 0.1) is 26.0 Å². The van der Waals surface area contributed by atoms with E-state index in [1.165, 1.54) is 31.0 Å². The van der Waals surface area contributed by atoms with Gasteiger partial charge in [0.15, 0.2) is 5.82 Å². The summed E-state index contributed by atoms with van der Waals surface area (Å²) in [5, 5.41) is 12.0. The largest absolute Gasteiger partial charge is 0.497 e. The first-order valence-corrected chi connectivity index (χ1v) is 10.9. The number of aromatic nitrogens is 3. The number of rotatable bonds is 8. The van der Waals surface area contributed by atoms with Gasteiger partial charge >= 0.3 is 0 Å². The smallest absolute Gasteiger partial charge is 0.230 e. The highest BCUT2D eigenvalue weighted by Crippen LogP contribution is 2.32. The summed E-state index contributed by atoms with van der Waals surface area (Å²) in [7, 11) is 3.21. The van der Waals surface area contributed by atoms with Crippen LogP contribution in [0.3, 0.4) is 0 Å². The zero-order valence-electron chi connectivity index (χ0n) is 17.2. The van der Waals surface area contributed by atoms with E-state index in [4.69, 9.17) is 15.3 Å². The van der Waals surface area contributed by atoms with Crippen LogP contribution in [0.2, 0.25) is 0 Å². The number of nitrogens with two attached hydrogens (primary N) is 1. The number of carbonyl (C=O) groups excluding carboxylic acids is 1. The lowest BCUT2D eigenvalue weighted by molar-refractivity contribution is -0.119. The fraction of sp³-hybridized carbons (Fsp3) is 0.550. The number of thioether (sulfide) groups is 1. The summed E-state index contributed by atoms with van der Waals surface area (Å²) in [6.45, 7) is 1.91. The van der Waals surface area contributed by atoms with Gasteiger partial charge in [-0.2, -0.15) is 0 Å². The Kier molecular flexibility index (Phi) is 7.24. The van der Waals surface area contributed by atoms with Crippen LogP contribution in [0.15, 0.2) is 23.4 Å². The van der Waals surface area contributed by atoms with Gasteiger partial charge in [0.25, 0.3) is 0 Å². The fourth-order valence-corrected chi connectivity index (χ4v) is 4.37. The maximum absolute atomic E-state index is 12.5. The second-order valence-corrected chi connectivity index (χ2v) is 8.17. The van der Waals surface area contributed by atoms with Crippen molar-refractivity contribution in [2.45, 2.75) is 56.1 Å². The Hall–Kier alpha value is -2.42. The highest BCUT2D eigenvalue weighted by molar-refractivity contribution is 7.99. The summed E-state index contributed by atoms with van der Waals surface area (Å²) >= 11 is 1.29. The standard InChI is InChI=1S/C20H29N5O3S/c1-13(16-11-15(27-2)9-10-17(16)28-3)22-18(26)12-29-20-24-23-19(25(20)21)14-7-5-4-6-8-14/h9-11,13-14H,4-8,12,21H2,1-3H3,(H,22,26). The van der Waals surface area contributed by atoms with Crippen LogP contribution >= 0.6 is 11.8 Å². The molecule has 1 fully saturated rings. The number of amides is 1. The third-order valence-electron chi connectivity index (χ3n) is 5.27. The normalized spacial score (nSPS) is 15.7. The van der Waals surface area contributed by atoms with E-state index in [0.717, 1.165) is 24.2 Å². The first-order valence-electron chi connectivity index (χ1n) is 9.88. The van der Waals surface area contributed by atoms with Crippen molar-refractivity contribution in [3.63, 3.8) is 0 Å². The van der Waals surface area contributed by atoms with Gasteiger partial charge < -0.3 is 20.6 Å². The maximum atomic E-state index is 12.5. The molecule has 1 aromatic heterocycles. The molecule has 0 spiro atoms. The summed E-state index contributed by atoms with van der Waals surface area (Å²) in [4.78, 5) is 12.5. The van der Waals surface area contributed by atoms with Crippen LogP contribution < -0.4 is 20.6 Å². The molecule has 1 unspecified atom stereocenters. The highest BCUT2D eigenvalue weighted by Gasteiger charge is 2.23.